The highest BCUT2D eigenvalue weighted by atomic mass is 127. The van der Waals surface area contributed by atoms with Crippen LogP contribution in [-0.2, 0) is 6.54 Å². The molecule has 6 heteroatoms. The maximum Gasteiger partial charge on any atom is 0.252 e. The maximum absolute atomic E-state index is 13.2. The number of carbonyl (C=O) groups excluding carboxylic acids is 1. The second-order valence-electron chi connectivity index (χ2n) is 6.46. The van der Waals surface area contributed by atoms with Gasteiger partial charge in [-0.15, -0.1) is 0 Å². The number of likely N-dealkylation sites (tertiary alicyclic amines) is 1. The molecule has 1 N–H and O–H groups in total. The summed E-state index contributed by atoms with van der Waals surface area (Å²) >= 11 is 2.00. The molecule has 0 bridgehead atoms. The van der Waals surface area contributed by atoms with Crippen LogP contribution >= 0.6 is 22.6 Å². The van der Waals surface area contributed by atoms with Gasteiger partial charge in [-0.2, -0.15) is 0 Å². The van der Waals surface area contributed by atoms with Gasteiger partial charge in [0.05, 0.1) is 12.7 Å². The highest BCUT2D eigenvalue weighted by Crippen LogP contribution is 2.22. The summed E-state index contributed by atoms with van der Waals surface area (Å²) in [5.74, 6) is 0.460. The Labute approximate surface area is 166 Å². The normalized spacial score (nSPS) is 15.7. The third-order valence-electron chi connectivity index (χ3n) is 4.69. The summed E-state index contributed by atoms with van der Waals surface area (Å²) in [6.07, 6.45) is 1.80. The van der Waals surface area contributed by atoms with Crippen molar-refractivity contribution < 1.29 is 13.9 Å². The van der Waals surface area contributed by atoms with Crippen molar-refractivity contribution in [3.8, 4) is 5.75 Å². The molecule has 0 radical (unpaired) electrons. The van der Waals surface area contributed by atoms with E-state index in [-0.39, 0.29) is 17.8 Å². The molecule has 3 rings (SSSR count). The van der Waals surface area contributed by atoms with Crippen molar-refractivity contribution in [1.29, 1.82) is 0 Å². The van der Waals surface area contributed by atoms with Crippen LogP contribution < -0.4 is 10.1 Å². The number of nitrogens with one attached hydrogen (secondary N) is 1. The van der Waals surface area contributed by atoms with Crippen LogP contribution in [0.1, 0.15) is 28.8 Å². The second kappa shape index (κ2) is 8.81. The van der Waals surface area contributed by atoms with E-state index in [0.29, 0.717) is 9.13 Å². The number of methoxy groups -OCH3 is 1. The van der Waals surface area contributed by atoms with Gasteiger partial charge in [0.2, 0.25) is 0 Å². The minimum atomic E-state index is -0.324. The van der Waals surface area contributed by atoms with Crippen molar-refractivity contribution in [2.75, 3.05) is 20.2 Å². The number of ether oxygens (including phenoxy) is 1. The number of nitrogens with zero attached hydrogens (tertiary/aromatic N) is 1. The second-order valence-corrected chi connectivity index (χ2v) is 7.62. The summed E-state index contributed by atoms with van der Waals surface area (Å²) in [4.78, 5) is 14.8. The van der Waals surface area contributed by atoms with E-state index in [1.165, 1.54) is 17.7 Å². The van der Waals surface area contributed by atoms with Crippen molar-refractivity contribution in [2.45, 2.75) is 25.4 Å². The molecule has 0 unspecified atom stereocenters. The Bertz CT molecular complexity index is 776. The Kier molecular flexibility index (Phi) is 6.48. The minimum absolute atomic E-state index is 0.127. The van der Waals surface area contributed by atoms with Crippen molar-refractivity contribution in [3.63, 3.8) is 0 Å². The Morgan fingerprint density at radius 1 is 1.27 bits per heavy atom. The van der Waals surface area contributed by atoms with E-state index >= 15 is 0 Å². The molecular weight excluding hydrogens is 446 g/mol. The van der Waals surface area contributed by atoms with Gasteiger partial charge in [-0.25, -0.2) is 4.39 Å². The molecule has 2 aromatic rings. The molecule has 1 amide bonds. The Balaban J connectivity index is 1.53. The van der Waals surface area contributed by atoms with Gasteiger partial charge >= 0.3 is 0 Å². The number of rotatable bonds is 5. The molecule has 138 valence electrons. The lowest BCUT2D eigenvalue weighted by Crippen LogP contribution is -2.44. The first-order valence-electron chi connectivity index (χ1n) is 8.67. The standard InChI is InChI=1S/C20H22FIN2O2/c1-26-19-5-3-2-4-14(19)13-24-10-8-16(9-11-24)23-20(25)17-7-6-15(21)12-18(17)22/h2-7,12,16H,8-11,13H2,1H3,(H,23,25). The number of hydrogen-bond acceptors (Lipinski definition) is 3. The molecule has 1 aliphatic heterocycles. The van der Waals surface area contributed by atoms with E-state index in [1.54, 1.807) is 13.2 Å². The fourth-order valence-corrected chi connectivity index (χ4v) is 3.97. The summed E-state index contributed by atoms with van der Waals surface area (Å²) < 4.78 is 19.2. The molecule has 4 nitrogen and oxygen atoms in total. The van der Waals surface area contributed by atoms with Gasteiger partial charge in [0.15, 0.2) is 0 Å². The van der Waals surface area contributed by atoms with Gasteiger partial charge in [0, 0.05) is 34.8 Å². The smallest absolute Gasteiger partial charge is 0.252 e. The summed E-state index contributed by atoms with van der Waals surface area (Å²) in [5.41, 5.74) is 1.71. The Hall–Kier alpha value is -1.67. The summed E-state index contributed by atoms with van der Waals surface area (Å²) in [6.45, 7) is 2.69. The van der Waals surface area contributed by atoms with E-state index in [0.717, 1.165) is 38.2 Å². The average molecular weight is 468 g/mol. The number of piperidine rings is 1. The molecule has 1 aliphatic rings. The van der Waals surface area contributed by atoms with Gasteiger partial charge in [-0.05, 0) is 59.7 Å². The maximum atomic E-state index is 13.2. The first-order valence-corrected chi connectivity index (χ1v) is 9.75. The van der Waals surface area contributed by atoms with Crippen LogP contribution in [0.5, 0.6) is 5.75 Å². The average Bonchev–Trinajstić information content (AvgIpc) is 2.63. The molecule has 26 heavy (non-hydrogen) atoms. The van der Waals surface area contributed by atoms with Crippen LogP contribution in [0, 0.1) is 9.39 Å². The lowest BCUT2D eigenvalue weighted by Gasteiger charge is -2.32. The third kappa shape index (κ3) is 4.73. The molecular formula is C20H22FIN2O2. The monoisotopic (exact) mass is 468 g/mol. The molecule has 0 atom stereocenters. The number of carbonyl (C=O) groups is 1. The van der Waals surface area contributed by atoms with Gasteiger partial charge in [-0.1, -0.05) is 18.2 Å². The Morgan fingerprint density at radius 3 is 2.69 bits per heavy atom. The van der Waals surface area contributed by atoms with Crippen LogP contribution in [0.15, 0.2) is 42.5 Å². The fourth-order valence-electron chi connectivity index (χ4n) is 3.25. The zero-order valence-corrected chi connectivity index (χ0v) is 16.8. The number of halogens is 2. The number of benzene rings is 2. The predicted octanol–water partition coefficient (Wildman–Crippen LogP) is 3.83. The molecule has 1 heterocycles. The molecule has 1 fully saturated rings. The minimum Gasteiger partial charge on any atom is -0.496 e. The quantitative estimate of drug-likeness (QED) is 0.679. The number of para-hydroxylation sites is 1. The van der Waals surface area contributed by atoms with Crippen molar-refractivity contribution in [2.24, 2.45) is 0 Å². The van der Waals surface area contributed by atoms with Crippen molar-refractivity contribution in [1.82, 2.24) is 10.2 Å². The molecule has 2 aromatic carbocycles. The van der Waals surface area contributed by atoms with Crippen LogP contribution in [0.4, 0.5) is 4.39 Å². The van der Waals surface area contributed by atoms with Crippen LogP contribution in [0.25, 0.3) is 0 Å². The topological polar surface area (TPSA) is 41.6 Å². The highest BCUT2D eigenvalue weighted by molar-refractivity contribution is 14.1. The van der Waals surface area contributed by atoms with Crippen LogP contribution in [0.2, 0.25) is 0 Å². The van der Waals surface area contributed by atoms with E-state index < -0.39 is 0 Å². The SMILES string of the molecule is COc1ccccc1CN1CCC(NC(=O)c2ccc(F)cc2I)CC1. The van der Waals surface area contributed by atoms with E-state index in [2.05, 4.69) is 16.3 Å². The molecule has 0 spiro atoms. The first kappa shape index (κ1) is 19.1. The lowest BCUT2D eigenvalue weighted by molar-refractivity contribution is 0.0908. The van der Waals surface area contributed by atoms with Gasteiger partial charge < -0.3 is 10.1 Å². The number of amides is 1. The molecule has 0 saturated carbocycles. The van der Waals surface area contributed by atoms with E-state index in [9.17, 15) is 9.18 Å². The van der Waals surface area contributed by atoms with E-state index in [1.807, 2.05) is 40.8 Å². The zero-order valence-electron chi connectivity index (χ0n) is 14.7. The lowest BCUT2D eigenvalue weighted by atomic mass is 10.0. The van der Waals surface area contributed by atoms with Gasteiger partial charge in [0.25, 0.3) is 5.91 Å². The van der Waals surface area contributed by atoms with E-state index in [4.69, 9.17) is 4.74 Å². The molecule has 0 aromatic heterocycles. The first-order chi connectivity index (χ1) is 12.6. The summed E-state index contributed by atoms with van der Waals surface area (Å²) in [7, 11) is 1.69. The predicted molar refractivity (Wildman–Crippen MR) is 108 cm³/mol. The molecule has 1 saturated heterocycles. The third-order valence-corrected chi connectivity index (χ3v) is 5.58. The summed E-state index contributed by atoms with van der Waals surface area (Å²) in [5, 5.41) is 3.08. The van der Waals surface area contributed by atoms with Crippen molar-refractivity contribution in [3.05, 3.63) is 63.0 Å². The Morgan fingerprint density at radius 2 is 2.00 bits per heavy atom. The largest absolute Gasteiger partial charge is 0.496 e. The van der Waals surface area contributed by atoms with Crippen LogP contribution in [-0.4, -0.2) is 37.0 Å². The van der Waals surface area contributed by atoms with Gasteiger partial charge in [0.1, 0.15) is 11.6 Å². The van der Waals surface area contributed by atoms with Crippen LogP contribution in [0.3, 0.4) is 0 Å². The van der Waals surface area contributed by atoms with Crippen molar-refractivity contribution >= 4 is 28.5 Å². The highest BCUT2D eigenvalue weighted by Gasteiger charge is 2.22. The molecule has 0 aliphatic carbocycles. The summed E-state index contributed by atoms with van der Waals surface area (Å²) in [6, 6.07) is 12.5. The number of hydrogen-bond donors (Lipinski definition) is 1. The zero-order chi connectivity index (χ0) is 18.5. The fraction of sp³-hybridized carbons (Fsp3) is 0.350. The van der Waals surface area contributed by atoms with Gasteiger partial charge in [-0.3, -0.25) is 9.69 Å².